The number of benzene rings is 1. The van der Waals surface area contributed by atoms with Crippen LogP contribution in [0.5, 0.6) is 5.75 Å². The minimum atomic E-state index is -0.00737. The second kappa shape index (κ2) is 7.23. The predicted molar refractivity (Wildman–Crippen MR) is 121 cm³/mol. The van der Waals surface area contributed by atoms with Gasteiger partial charge in [0.15, 0.2) is 0 Å². The van der Waals surface area contributed by atoms with Crippen LogP contribution in [0.15, 0.2) is 23.4 Å². The average molecular weight is 436 g/mol. The number of aromatic nitrogens is 5. The van der Waals surface area contributed by atoms with Crippen LogP contribution in [0.2, 0.25) is 0 Å². The largest absolute Gasteiger partial charge is 0.496 e. The number of aryl methyl sites for hydroxylation is 1. The zero-order valence-corrected chi connectivity index (χ0v) is 19.2. The minimum absolute atomic E-state index is 0.00737. The van der Waals surface area contributed by atoms with Gasteiger partial charge in [0.2, 0.25) is 5.65 Å². The Hall–Kier alpha value is -3.07. The molecule has 9 nitrogen and oxygen atoms in total. The number of nitrogens with zero attached hydrogens (tertiary/aromatic N) is 6. The van der Waals surface area contributed by atoms with E-state index in [1.165, 1.54) is 0 Å². The molecule has 1 aromatic carbocycles. The van der Waals surface area contributed by atoms with Crippen molar-refractivity contribution in [3.63, 3.8) is 0 Å². The van der Waals surface area contributed by atoms with Gasteiger partial charge in [-0.05, 0) is 77.1 Å². The van der Waals surface area contributed by atoms with Crippen LogP contribution in [0, 0.1) is 0 Å². The number of hydrogen-bond acceptors (Lipinski definition) is 8. The van der Waals surface area contributed by atoms with E-state index in [4.69, 9.17) is 4.74 Å². The second-order valence-electron chi connectivity index (χ2n) is 10.2. The number of fused-ring (bicyclic) bond motifs is 2. The van der Waals surface area contributed by atoms with Crippen LogP contribution in [0.4, 0.5) is 0 Å². The summed E-state index contributed by atoms with van der Waals surface area (Å²) in [5, 5.41) is 34.3. The zero-order chi connectivity index (χ0) is 22.7. The summed E-state index contributed by atoms with van der Waals surface area (Å²) in [7, 11) is 1.62. The van der Waals surface area contributed by atoms with Gasteiger partial charge in [0.1, 0.15) is 11.3 Å². The molecule has 0 atom stereocenters. The standard InChI is InChI=1S/C23H29N7O2/c1-22(2)11-14(12-23(3,4)28-22)30-21-19(25-29-30)10-18(24-26-21)16-8-13-6-7-17(27-31)15(13)9-20(16)32-5/h8-10,14,28,31H,6-7,11-12H2,1-5H3/b27-17+. The molecule has 9 heteroatoms. The van der Waals surface area contributed by atoms with Crippen LogP contribution >= 0.6 is 0 Å². The molecule has 2 aliphatic rings. The maximum atomic E-state index is 9.26. The molecule has 3 aromatic rings. The van der Waals surface area contributed by atoms with E-state index in [0.717, 1.165) is 36.0 Å². The molecule has 1 saturated heterocycles. The molecule has 0 spiro atoms. The summed E-state index contributed by atoms with van der Waals surface area (Å²) in [5.74, 6) is 0.662. The van der Waals surface area contributed by atoms with E-state index in [9.17, 15) is 5.21 Å². The Balaban J connectivity index is 1.54. The van der Waals surface area contributed by atoms with Crippen molar-refractivity contribution in [3.05, 3.63) is 29.3 Å². The summed E-state index contributed by atoms with van der Waals surface area (Å²) in [6.07, 6.45) is 3.40. The number of methoxy groups -OCH3 is 1. The molecule has 3 heterocycles. The monoisotopic (exact) mass is 435 g/mol. The molecule has 1 fully saturated rings. The van der Waals surface area contributed by atoms with Crippen molar-refractivity contribution in [2.24, 2.45) is 5.16 Å². The smallest absolute Gasteiger partial charge is 0.201 e. The van der Waals surface area contributed by atoms with Gasteiger partial charge < -0.3 is 15.3 Å². The molecule has 0 unspecified atom stereocenters. The third kappa shape index (κ3) is 3.50. The van der Waals surface area contributed by atoms with E-state index >= 15 is 0 Å². The first kappa shape index (κ1) is 20.8. The highest BCUT2D eigenvalue weighted by Gasteiger charge is 2.39. The van der Waals surface area contributed by atoms with Gasteiger partial charge in [-0.3, -0.25) is 0 Å². The van der Waals surface area contributed by atoms with Gasteiger partial charge in [0.05, 0.1) is 24.6 Å². The Morgan fingerprint density at radius 2 is 1.78 bits per heavy atom. The Bertz CT molecular complexity index is 1210. The Morgan fingerprint density at radius 1 is 1.03 bits per heavy atom. The SMILES string of the molecule is COc1cc2c(cc1-c1cc3nnn(C4CC(C)(C)NC(C)(C)C4)c3nn1)CC/C2=N\O. The van der Waals surface area contributed by atoms with Gasteiger partial charge in [-0.1, -0.05) is 10.4 Å². The summed E-state index contributed by atoms with van der Waals surface area (Å²) in [4.78, 5) is 0. The molecule has 0 bridgehead atoms. The van der Waals surface area contributed by atoms with E-state index < -0.39 is 0 Å². The normalized spacial score (nSPS) is 21.2. The highest BCUT2D eigenvalue weighted by molar-refractivity contribution is 6.05. The Kier molecular flexibility index (Phi) is 4.70. The molecule has 0 amide bonds. The van der Waals surface area contributed by atoms with Crippen molar-refractivity contribution in [2.45, 2.75) is 70.5 Å². The lowest BCUT2D eigenvalue weighted by molar-refractivity contribution is 0.127. The number of ether oxygens (including phenoxy) is 1. The second-order valence-corrected chi connectivity index (χ2v) is 10.2. The molecule has 0 radical (unpaired) electrons. The quantitative estimate of drug-likeness (QED) is 0.478. The van der Waals surface area contributed by atoms with Crippen LogP contribution in [0.1, 0.15) is 64.1 Å². The highest BCUT2D eigenvalue weighted by atomic mass is 16.5. The molecule has 1 aliphatic carbocycles. The molecule has 1 aliphatic heterocycles. The molecular formula is C23H29N7O2. The van der Waals surface area contributed by atoms with Crippen LogP contribution in [-0.4, -0.2) is 54.3 Å². The van der Waals surface area contributed by atoms with Crippen molar-refractivity contribution in [1.82, 2.24) is 30.5 Å². The minimum Gasteiger partial charge on any atom is -0.496 e. The van der Waals surface area contributed by atoms with Crippen LogP contribution in [0.25, 0.3) is 22.4 Å². The summed E-state index contributed by atoms with van der Waals surface area (Å²) in [6.45, 7) is 8.88. The Labute approximate surface area is 186 Å². The van der Waals surface area contributed by atoms with E-state index in [1.54, 1.807) is 7.11 Å². The van der Waals surface area contributed by atoms with E-state index in [-0.39, 0.29) is 17.1 Å². The molecule has 2 N–H and O–H groups in total. The summed E-state index contributed by atoms with van der Waals surface area (Å²) in [6, 6.07) is 6.07. The fraction of sp³-hybridized carbons (Fsp3) is 0.522. The topological polar surface area (TPSA) is 110 Å². The maximum Gasteiger partial charge on any atom is 0.201 e. The van der Waals surface area contributed by atoms with Crippen molar-refractivity contribution < 1.29 is 9.94 Å². The highest BCUT2D eigenvalue weighted by Crippen LogP contribution is 2.38. The molecule has 0 saturated carbocycles. The van der Waals surface area contributed by atoms with Crippen LogP contribution in [0.3, 0.4) is 0 Å². The summed E-state index contributed by atoms with van der Waals surface area (Å²) >= 11 is 0. The zero-order valence-electron chi connectivity index (χ0n) is 19.2. The molecule has 168 valence electrons. The lowest BCUT2D eigenvalue weighted by atomic mass is 9.80. The van der Waals surface area contributed by atoms with Crippen molar-refractivity contribution in [3.8, 4) is 17.0 Å². The van der Waals surface area contributed by atoms with Crippen LogP contribution < -0.4 is 10.1 Å². The van der Waals surface area contributed by atoms with E-state index in [1.807, 2.05) is 22.9 Å². The van der Waals surface area contributed by atoms with Gasteiger partial charge in [-0.25, -0.2) is 4.68 Å². The fourth-order valence-corrected chi connectivity index (χ4v) is 5.53. The van der Waals surface area contributed by atoms with E-state index in [0.29, 0.717) is 34.7 Å². The van der Waals surface area contributed by atoms with Gasteiger partial charge in [0.25, 0.3) is 0 Å². The number of rotatable bonds is 3. The first-order valence-corrected chi connectivity index (χ1v) is 11.0. The average Bonchev–Trinajstić information content (AvgIpc) is 3.33. The van der Waals surface area contributed by atoms with Gasteiger partial charge >= 0.3 is 0 Å². The van der Waals surface area contributed by atoms with Crippen molar-refractivity contribution in [2.75, 3.05) is 7.11 Å². The summed E-state index contributed by atoms with van der Waals surface area (Å²) in [5.41, 5.74) is 5.64. The molecular weight excluding hydrogens is 406 g/mol. The third-order valence-corrected chi connectivity index (χ3v) is 6.50. The lowest BCUT2D eigenvalue weighted by Gasteiger charge is -2.46. The number of nitrogens with one attached hydrogen (secondary N) is 1. The van der Waals surface area contributed by atoms with Gasteiger partial charge in [-0.2, -0.15) is 0 Å². The van der Waals surface area contributed by atoms with E-state index in [2.05, 4.69) is 58.7 Å². The first-order chi connectivity index (χ1) is 15.2. The van der Waals surface area contributed by atoms with Crippen LogP contribution in [-0.2, 0) is 6.42 Å². The molecule has 2 aromatic heterocycles. The lowest BCUT2D eigenvalue weighted by Crippen LogP contribution is -2.58. The third-order valence-electron chi connectivity index (χ3n) is 6.50. The first-order valence-electron chi connectivity index (χ1n) is 11.0. The maximum absolute atomic E-state index is 9.26. The van der Waals surface area contributed by atoms with Gasteiger partial charge in [-0.15, -0.1) is 15.3 Å². The number of hydrogen-bond donors (Lipinski definition) is 2. The Morgan fingerprint density at radius 3 is 2.47 bits per heavy atom. The fourth-order valence-electron chi connectivity index (χ4n) is 5.53. The number of oxime groups is 1. The predicted octanol–water partition coefficient (Wildman–Crippen LogP) is 3.50. The summed E-state index contributed by atoms with van der Waals surface area (Å²) < 4.78 is 7.55. The van der Waals surface area contributed by atoms with Gasteiger partial charge in [0, 0.05) is 22.2 Å². The van der Waals surface area contributed by atoms with Crippen molar-refractivity contribution >= 4 is 16.9 Å². The molecule has 32 heavy (non-hydrogen) atoms. The van der Waals surface area contributed by atoms with Crippen molar-refractivity contribution in [1.29, 1.82) is 0 Å². The molecule has 5 rings (SSSR count). The number of piperidine rings is 1.